The molecule has 0 amide bonds. The molecular formula is C62H98O6. The lowest BCUT2D eigenvalue weighted by Crippen LogP contribution is -2.30. The van der Waals surface area contributed by atoms with Gasteiger partial charge in [0, 0.05) is 19.3 Å². The van der Waals surface area contributed by atoms with E-state index < -0.39 is 12.1 Å². The Labute approximate surface area is 417 Å². The zero-order valence-corrected chi connectivity index (χ0v) is 43.6. The molecule has 0 aromatic rings. The van der Waals surface area contributed by atoms with Gasteiger partial charge in [-0.05, 0) is 122 Å². The molecule has 0 saturated carbocycles. The third-order valence-electron chi connectivity index (χ3n) is 10.9. The monoisotopic (exact) mass is 939 g/mol. The lowest BCUT2D eigenvalue weighted by molar-refractivity contribution is -0.166. The summed E-state index contributed by atoms with van der Waals surface area (Å²) in [6, 6.07) is 0. The van der Waals surface area contributed by atoms with Crippen LogP contribution in [0.5, 0.6) is 0 Å². The fourth-order valence-corrected chi connectivity index (χ4v) is 6.81. The van der Waals surface area contributed by atoms with Gasteiger partial charge in [0.05, 0.1) is 0 Å². The number of rotatable bonds is 47. The molecule has 0 aliphatic heterocycles. The fraction of sp³-hybridized carbons (Fsp3) is 0.597. The number of esters is 3. The molecule has 0 spiro atoms. The van der Waals surface area contributed by atoms with Gasteiger partial charge in [-0.25, -0.2) is 0 Å². The second-order valence-electron chi connectivity index (χ2n) is 17.4. The second kappa shape index (κ2) is 55.1. The molecular weight excluding hydrogens is 841 g/mol. The van der Waals surface area contributed by atoms with Crippen molar-refractivity contribution in [2.45, 2.75) is 226 Å². The number of allylic oxidation sites excluding steroid dienone is 22. The summed E-state index contributed by atoms with van der Waals surface area (Å²) in [4.78, 5) is 38.0. The highest BCUT2D eigenvalue weighted by Crippen LogP contribution is 2.12. The minimum atomic E-state index is -0.845. The number of carbonyl (C=O) groups excluding carboxylic acids is 3. The number of carbonyl (C=O) groups is 3. The lowest BCUT2D eigenvalue weighted by Gasteiger charge is -2.18. The molecule has 1 atom stereocenters. The quantitative estimate of drug-likeness (QED) is 0.0262. The predicted octanol–water partition coefficient (Wildman–Crippen LogP) is 18.3. The van der Waals surface area contributed by atoms with Crippen molar-refractivity contribution in [2.24, 2.45) is 0 Å². The molecule has 0 aromatic heterocycles. The smallest absolute Gasteiger partial charge is 0.306 e. The molecule has 0 rings (SSSR count). The largest absolute Gasteiger partial charge is 0.462 e. The summed E-state index contributed by atoms with van der Waals surface area (Å²) in [6.45, 7) is 6.35. The van der Waals surface area contributed by atoms with Crippen LogP contribution in [0.2, 0.25) is 0 Å². The Bertz CT molecular complexity index is 1500. The van der Waals surface area contributed by atoms with Crippen LogP contribution < -0.4 is 0 Å². The van der Waals surface area contributed by atoms with E-state index in [4.69, 9.17) is 14.2 Å². The lowest BCUT2D eigenvalue weighted by atomic mass is 10.1. The van der Waals surface area contributed by atoms with Gasteiger partial charge >= 0.3 is 17.9 Å². The van der Waals surface area contributed by atoms with Gasteiger partial charge in [0.15, 0.2) is 6.10 Å². The molecule has 6 heteroatoms. The van der Waals surface area contributed by atoms with Gasteiger partial charge < -0.3 is 14.2 Å². The highest BCUT2D eigenvalue weighted by molar-refractivity contribution is 5.71. The predicted molar refractivity (Wildman–Crippen MR) is 292 cm³/mol. The maximum absolute atomic E-state index is 12.8. The molecule has 0 bridgehead atoms. The van der Waals surface area contributed by atoms with E-state index in [1.165, 1.54) is 70.6 Å². The summed E-state index contributed by atoms with van der Waals surface area (Å²) in [7, 11) is 0. The summed E-state index contributed by atoms with van der Waals surface area (Å²) in [5, 5.41) is 0. The van der Waals surface area contributed by atoms with Gasteiger partial charge in [-0.3, -0.25) is 14.4 Å². The maximum Gasteiger partial charge on any atom is 0.306 e. The standard InChI is InChI=1S/C62H98O6/c1-4-7-10-13-16-19-22-25-28-30-31-33-34-37-40-43-46-49-52-55-61(64)67-58-59(57-66-60(63)54-51-48-45-42-39-36-27-24-21-18-15-12-9-6-3)68-62(65)56-53-50-47-44-41-38-35-32-29-26-23-20-17-14-11-8-5-2/h7,10,16-17,19-20,24-29,31,33,35,37-38,40,44,46-47,49,59H,4-6,8-9,11-15,18,21-23,30,32,34,36,39,41-43,45,48,50-58H2,1-3H3/b10-7+,19-16+,20-17+,27-24+,28-25+,29-26+,33-31+,38-35+,40-37+,47-44+,49-46+/t59-/m1/s1. The zero-order valence-electron chi connectivity index (χ0n) is 43.6. The van der Waals surface area contributed by atoms with Gasteiger partial charge in [0.2, 0.25) is 0 Å². The van der Waals surface area contributed by atoms with Crippen LogP contribution in [0, 0.1) is 0 Å². The topological polar surface area (TPSA) is 78.9 Å². The normalized spacial score (nSPS) is 13.2. The molecule has 0 fully saturated rings. The third-order valence-corrected chi connectivity index (χ3v) is 10.9. The first-order valence-corrected chi connectivity index (χ1v) is 27.2. The summed E-state index contributed by atoms with van der Waals surface area (Å²) in [5.74, 6) is -1.09. The Hall–Kier alpha value is -4.45. The summed E-state index contributed by atoms with van der Waals surface area (Å²) < 4.78 is 16.7. The Morgan fingerprint density at radius 2 is 0.618 bits per heavy atom. The van der Waals surface area contributed by atoms with Crippen molar-refractivity contribution in [3.05, 3.63) is 134 Å². The number of unbranched alkanes of at least 4 members (excludes halogenated alkanes) is 14. The first-order chi connectivity index (χ1) is 33.5. The second-order valence-corrected chi connectivity index (χ2v) is 17.4. The van der Waals surface area contributed by atoms with Crippen LogP contribution in [0.1, 0.15) is 220 Å². The first kappa shape index (κ1) is 63.5. The molecule has 0 unspecified atom stereocenters. The van der Waals surface area contributed by atoms with Crippen LogP contribution in [-0.4, -0.2) is 37.2 Å². The van der Waals surface area contributed by atoms with Gasteiger partial charge in [-0.15, -0.1) is 0 Å². The third kappa shape index (κ3) is 52.5. The number of ether oxygens (including phenoxy) is 3. The van der Waals surface area contributed by atoms with Crippen LogP contribution >= 0.6 is 0 Å². The van der Waals surface area contributed by atoms with Gasteiger partial charge in [-0.2, -0.15) is 0 Å². The number of hydrogen-bond acceptors (Lipinski definition) is 6. The van der Waals surface area contributed by atoms with Crippen molar-refractivity contribution in [1.29, 1.82) is 0 Å². The molecule has 0 aliphatic carbocycles. The SMILES string of the molecule is CC/C=C/C/C=C/C/C=C/C/C=C/C/C=C/C/C=C/CCC(=O)OC[C@@H](COC(=O)CCCCCCC/C=C/CCCCCCC)OC(=O)CCC/C=C/C/C=C/C/C=C/C/C=C/CCCCC. The van der Waals surface area contributed by atoms with E-state index in [-0.39, 0.29) is 38.0 Å². The van der Waals surface area contributed by atoms with Crippen LogP contribution in [0.4, 0.5) is 0 Å². The van der Waals surface area contributed by atoms with Crippen LogP contribution in [0.25, 0.3) is 0 Å². The Morgan fingerprint density at radius 3 is 1.07 bits per heavy atom. The molecule has 0 saturated heterocycles. The first-order valence-electron chi connectivity index (χ1n) is 27.2. The number of hydrogen-bond donors (Lipinski definition) is 0. The highest BCUT2D eigenvalue weighted by Gasteiger charge is 2.19. The van der Waals surface area contributed by atoms with E-state index in [1.54, 1.807) is 0 Å². The fourth-order valence-electron chi connectivity index (χ4n) is 6.81. The van der Waals surface area contributed by atoms with Crippen molar-refractivity contribution in [2.75, 3.05) is 13.2 Å². The van der Waals surface area contributed by atoms with Crippen molar-refractivity contribution in [3.63, 3.8) is 0 Å². The van der Waals surface area contributed by atoms with E-state index >= 15 is 0 Å². The molecule has 6 nitrogen and oxygen atoms in total. The van der Waals surface area contributed by atoms with Crippen LogP contribution in [0.3, 0.4) is 0 Å². The van der Waals surface area contributed by atoms with Crippen molar-refractivity contribution < 1.29 is 28.6 Å². The Morgan fingerprint density at radius 1 is 0.309 bits per heavy atom. The molecule has 0 radical (unpaired) electrons. The molecule has 0 heterocycles. The Balaban J connectivity index is 4.63. The van der Waals surface area contributed by atoms with Gasteiger partial charge in [0.25, 0.3) is 0 Å². The highest BCUT2D eigenvalue weighted by atomic mass is 16.6. The van der Waals surface area contributed by atoms with E-state index in [0.29, 0.717) is 19.3 Å². The average Bonchev–Trinajstić information content (AvgIpc) is 3.34. The van der Waals surface area contributed by atoms with Gasteiger partial charge in [-0.1, -0.05) is 212 Å². The van der Waals surface area contributed by atoms with Crippen LogP contribution in [0.15, 0.2) is 134 Å². The molecule has 68 heavy (non-hydrogen) atoms. The van der Waals surface area contributed by atoms with E-state index in [0.717, 1.165) is 96.3 Å². The zero-order chi connectivity index (χ0) is 49.3. The molecule has 0 aromatic carbocycles. The molecule has 382 valence electrons. The Kier molecular flexibility index (Phi) is 51.5. The van der Waals surface area contributed by atoms with E-state index in [9.17, 15) is 14.4 Å². The van der Waals surface area contributed by atoms with E-state index in [2.05, 4.69) is 142 Å². The van der Waals surface area contributed by atoms with Crippen molar-refractivity contribution in [1.82, 2.24) is 0 Å². The van der Waals surface area contributed by atoms with Crippen molar-refractivity contribution in [3.8, 4) is 0 Å². The summed E-state index contributed by atoms with van der Waals surface area (Å²) in [6.07, 6.45) is 77.4. The van der Waals surface area contributed by atoms with Crippen molar-refractivity contribution >= 4 is 17.9 Å². The minimum absolute atomic E-state index is 0.132. The van der Waals surface area contributed by atoms with Crippen LogP contribution in [-0.2, 0) is 28.6 Å². The molecule has 0 aliphatic rings. The molecule has 0 N–H and O–H groups in total. The van der Waals surface area contributed by atoms with Gasteiger partial charge in [0.1, 0.15) is 13.2 Å². The summed E-state index contributed by atoms with van der Waals surface area (Å²) >= 11 is 0. The maximum atomic E-state index is 12.8. The average molecular weight is 939 g/mol. The van der Waals surface area contributed by atoms with E-state index in [1.807, 2.05) is 12.2 Å². The summed E-state index contributed by atoms with van der Waals surface area (Å²) in [5.41, 5.74) is 0. The minimum Gasteiger partial charge on any atom is -0.462 e.